The molecule has 25 heavy (non-hydrogen) atoms. The van der Waals surface area contributed by atoms with Gasteiger partial charge in [0, 0.05) is 32.2 Å². The van der Waals surface area contributed by atoms with Crippen LogP contribution in [0.25, 0.3) is 0 Å². The maximum absolute atomic E-state index is 11.9. The Morgan fingerprint density at radius 3 is 2.68 bits per heavy atom. The summed E-state index contributed by atoms with van der Waals surface area (Å²) in [5.41, 5.74) is 0. The summed E-state index contributed by atoms with van der Waals surface area (Å²) in [5.74, 6) is 0.578. The molecular formula is C16H30N4O4S. The highest BCUT2D eigenvalue weighted by Crippen LogP contribution is 2.25. The molecule has 0 amide bonds. The lowest BCUT2D eigenvalue weighted by molar-refractivity contribution is -0.145. The van der Waals surface area contributed by atoms with Gasteiger partial charge in [0.15, 0.2) is 5.96 Å². The smallest absolute Gasteiger partial charge is 0.310 e. The average molecular weight is 375 g/mol. The van der Waals surface area contributed by atoms with Gasteiger partial charge in [0.25, 0.3) is 0 Å². The van der Waals surface area contributed by atoms with E-state index in [1.54, 1.807) is 4.31 Å². The SMILES string of the molecule is CCNC(=NC[C@H]1CCCN1S(C)(=O)=O)N1CC(C)C(C(=O)OC)C1. The molecule has 2 rings (SSSR count). The molecule has 1 N–H and O–H groups in total. The summed E-state index contributed by atoms with van der Waals surface area (Å²) in [6.07, 6.45) is 2.95. The Hall–Kier alpha value is -1.35. The van der Waals surface area contributed by atoms with Gasteiger partial charge >= 0.3 is 5.97 Å². The van der Waals surface area contributed by atoms with Gasteiger partial charge in [-0.1, -0.05) is 6.92 Å². The van der Waals surface area contributed by atoms with Crippen molar-refractivity contribution < 1.29 is 17.9 Å². The van der Waals surface area contributed by atoms with Crippen LogP contribution in [0, 0.1) is 11.8 Å². The summed E-state index contributed by atoms with van der Waals surface area (Å²) in [6.45, 7) is 7.04. The summed E-state index contributed by atoms with van der Waals surface area (Å²) in [6, 6.07) is -0.0833. The molecule has 9 heteroatoms. The van der Waals surface area contributed by atoms with Gasteiger partial charge in [-0.2, -0.15) is 4.31 Å². The first-order valence-corrected chi connectivity index (χ1v) is 10.7. The molecule has 0 bridgehead atoms. The zero-order chi connectivity index (χ0) is 18.6. The fourth-order valence-electron chi connectivity index (χ4n) is 3.64. The first-order chi connectivity index (χ1) is 11.8. The van der Waals surface area contributed by atoms with Crippen LogP contribution in [-0.4, -0.2) is 81.7 Å². The topological polar surface area (TPSA) is 91.3 Å². The minimum Gasteiger partial charge on any atom is -0.469 e. The zero-order valence-electron chi connectivity index (χ0n) is 15.6. The number of hydrogen-bond donors (Lipinski definition) is 1. The van der Waals surface area contributed by atoms with E-state index < -0.39 is 10.0 Å². The van der Waals surface area contributed by atoms with E-state index in [1.807, 2.05) is 13.8 Å². The lowest BCUT2D eigenvalue weighted by atomic mass is 9.99. The summed E-state index contributed by atoms with van der Waals surface area (Å²) < 4.78 is 30.2. The molecule has 2 fully saturated rings. The van der Waals surface area contributed by atoms with Crippen LogP contribution in [0.3, 0.4) is 0 Å². The van der Waals surface area contributed by atoms with E-state index in [2.05, 4.69) is 15.2 Å². The van der Waals surface area contributed by atoms with Gasteiger partial charge in [-0.05, 0) is 25.7 Å². The van der Waals surface area contributed by atoms with Gasteiger partial charge in [0.05, 0.1) is 25.8 Å². The summed E-state index contributed by atoms with van der Waals surface area (Å²) in [7, 11) is -1.78. The molecule has 0 aliphatic carbocycles. The van der Waals surface area contributed by atoms with Crippen molar-refractivity contribution in [1.82, 2.24) is 14.5 Å². The first-order valence-electron chi connectivity index (χ1n) is 8.85. The highest BCUT2D eigenvalue weighted by atomic mass is 32.2. The quantitative estimate of drug-likeness (QED) is 0.417. The molecule has 8 nitrogen and oxygen atoms in total. The van der Waals surface area contributed by atoms with E-state index in [4.69, 9.17) is 4.74 Å². The van der Waals surface area contributed by atoms with Gasteiger partial charge in [-0.25, -0.2) is 8.42 Å². The monoisotopic (exact) mass is 374 g/mol. The predicted molar refractivity (Wildman–Crippen MR) is 96.8 cm³/mol. The molecule has 2 aliphatic heterocycles. The predicted octanol–water partition coefficient (Wildman–Crippen LogP) is 0.117. The number of likely N-dealkylation sites (tertiary alicyclic amines) is 1. The van der Waals surface area contributed by atoms with Crippen molar-refractivity contribution in [2.45, 2.75) is 32.7 Å². The number of sulfonamides is 1. The number of nitrogens with one attached hydrogen (secondary N) is 1. The number of aliphatic imine (C=N–C) groups is 1. The molecule has 2 aliphatic rings. The third-order valence-electron chi connectivity index (χ3n) is 4.95. The van der Waals surface area contributed by atoms with Gasteiger partial charge in [-0.3, -0.25) is 9.79 Å². The molecule has 0 aromatic carbocycles. The Kier molecular flexibility index (Phi) is 6.67. The number of ether oxygens (including phenoxy) is 1. The molecule has 144 valence electrons. The third-order valence-corrected chi connectivity index (χ3v) is 6.28. The van der Waals surface area contributed by atoms with Gasteiger partial charge in [0.1, 0.15) is 0 Å². The average Bonchev–Trinajstić information content (AvgIpc) is 3.17. The van der Waals surface area contributed by atoms with Gasteiger partial charge in [0.2, 0.25) is 10.0 Å². The van der Waals surface area contributed by atoms with Crippen molar-refractivity contribution in [3.05, 3.63) is 0 Å². The molecule has 2 saturated heterocycles. The van der Waals surface area contributed by atoms with Crippen molar-refractivity contribution in [3.8, 4) is 0 Å². The number of nitrogens with zero attached hydrogens (tertiary/aromatic N) is 3. The molecule has 2 heterocycles. The third kappa shape index (κ3) is 4.84. The molecule has 0 radical (unpaired) electrons. The zero-order valence-corrected chi connectivity index (χ0v) is 16.4. The van der Waals surface area contributed by atoms with Crippen LogP contribution in [0.15, 0.2) is 4.99 Å². The highest BCUT2D eigenvalue weighted by molar-refractivity contribution is 7.88. The maximum atomic E-state index is 11.9. The second kappa shape index (κ2) is 8.35. The number of hydrogen-bond acceptors (Lipinski definition) is 5. The fourth-order valence-corrected chi connectivity index (χ4v) is 4.82. The molecule has 0 aromatic rings. The maximum Gasteiger partial charge on any atom is 0.310 e. The van der Waals surface area contributed by atoms with Gasteiger partial charge in [-0.15, -0.1) is 0 Å². The van der Waals surface area contributed by atoms with Crippen LogP contribution in [-0.2, 0) is 19.6 Å². The number of carbonyl (C=O) groups is 1. The normalized spacial score (nSPS) is 28.4. The summed E-state index contributed by atoms with van der Waals surface area (Å²) >= 11 is 0. The lowest BCUT2D eigenvalue weighted by Gasteiger charge is -2.24. The van der Waals surface area contributed by atoms with Crippen LogP contribution in [0.4, 0.5) is 0 Å². The molecule has 0 spiro atoms. The van der Waals surface area contributed by atoms with E-state index in [0.29, 0.717) is 26.2 Å². The lowest BCUT2D eigenvalue weighted by Crippen LogP contribution is -2.42. The van der Waals surface area contributed by atoms with Crippen LogP contribution >= 0.6 is 0 Å². The molecule has 0 aromatic heterocycles. The fraction of sp³-hybridized carbons (Fsp3) is 0.875. The van der Waals surface area contributed by atoms with Crippen molar-refractivity contribution in [1.29, 1.82) is 0 Å². The highest BCUT2D eigenvalue weighted by Gasteiger charge is 2.37. The Balaban J connectivity index is 2.07. The minimum atomic E-state index is -3.19. The van der Waals surface area contributed by atoms with Gasteiger partial charge < -0.3 is 15.0 Å². The molecule has 2 unspecified atom stereocenters. The van der Waals surface area contributed by atoms with E-state index in [9.17, 15) is 13.2 Å². The summed E-state index contributed by atoms with van der Waals surface area (Å²) in [4.78, 5) is 18.6. The summed E-state index contributed by atoms with van der Waals surface area (Å²) in [5, 5.41) is 3.26. The second-order valence-corrected chi connectivity index (χ2v) is 8.81. The van der Waals surface area contributed by atoms with E-state index >= 15 is 0 Å². The Bertz CT molecular complexity index is 607. The van der Waals surface area contributed by atoms with Crippen LogP contribution in [0.1, 0.15) is 26.7 Å². The van der Waals surface area contributed by atoms with E-state index in [0.717, 1.165) is 25.3 Å². The Morgan fingerprint density at radius 1 is 1.36 bits per heavy atom. The standard InChI is InChI=1S/C16H30N4O4S/c1-5-17-16(19-10-12(2)14(11-19)15(21)24-3)18-9-13-7-6-8-20(13)25(4,22)23/h12-14H,5-11H2,1-4H3,(H,17,18)/t12?,13-,14?/m1/s1. The number of methoxy groups -OCH3 is 1. The van der Waals surface area contributed by atoms with Crippen LogP contribution in [0.2, 0.25) is 0 Å². The Morgan fingerprint density at radius 2 is 2.08 bits per heavy atom. The Labute approximate surface area is 150 Å². The van der Waals surface area contributed by atoms with Crippen molar-refractivity contribution in [3.63, 3.8) is 0 Å². The van der Waals surface area contributed by atoms with E-state index in [1.165, 1.54) is 13.4 Å². The number of esters is 1. The van der Waals surface area contributed by atoms with Crippen LogP contribution < -0.4 is 5.32 Å². The largest absolute Gasteiger partial charge is 0.469 e. The van der Waals surface area contributed by atoms with Crippen LogP contribution in [0.5, 0.6) is 0 Å². The van der Waals surface area contributed by atoms with E-state index in [-0.39, 0.29) is 23.8 Å². The minimum absolute atomic E-state index is 0.0833. The number of carbonyl (C=O) groups excluding carboxylic acids is 1. The van der Waals surface area contributed by atoms with Crippen molar-refractivity contribution in [2.75, 3.05) is 46.1 Å². The first kappa shape index (κ1) is 20.0. The molecule has 3 atom stereocenters. The second-order valence-electron chi connectivity index (χ2n) is 6.88. The van der Waals surface area contributed by atoms with Crippen molar-refractivity contribution >= 4 is 22.0 Å². The molecule has 0 saturated carbocycles. The van der Waals surface area contributed by atoms with Crippen molar-refractivity contribution in [2.24, 2.45) is 16.8 Å². The number of guanidine groups is 1. The number of rotatable bonds is 5. The molecular weight excluding hydrogens is 344 g/mol.